The van der Waals surface area contributed by atoms with Gasteiger partial charge in [-0.3, -0.25) is 0 Å². The predicted octanol–water partition coefficient (Wildman–Crippen LogP) is 2.78. The van der Waals surface area contributed by atoms with E-state index in [1.165, 1.54) is 11.1 Å². The van der Waals surface area contributed by atoms with Gasteiger partial charge in [-0.15, -0.1) is 0 Å². The second-order valence-corrected chi connectivity index (χ2v) is 2.92. The molecule has 0 heterocycles. The average molecular weight is 175 g/mol. The maximum Gasteiger partial charge on any atom is 0.240 e. The van der Waals surface area contributed by atoms with Crippen LogP contribution < -0.4 is 0 Å². The standard InChI is InChI=1S/C11H13NO/c1-3-9-5-10(4-2)7-11(6-9)12-8-13/h5-7H,3-4H2,1-2H3. The van der Waals surface area contributed by atoms with Gasteiger partial charge in [0.2, 0.25) is 6.08 Å². The molecule has 0 spiro atoms. The van der Waals surface area contributed by atoms with Crippen LogP contribution in [0, 0.1) is 0 Å². The molecule has 0 saturated carbocycles. The van der Waals surface area contributed by atoms with Gasteiger partial charge in [-0.1, -0.05) is 19.9 Å². The Kier molecular flexibility index (Phi) is 3.41. The fourth-order valence-corrected chi connectivity index (χ4v) is 1.27. The molecular formula is C11H13NO. The number of hydrogen-bond acceptors (Lipinski definition) is 2. The number of benzene rings is 1. The molecule has 2 heteroatoms. The summed E-state index contributed by atoms with van der Waals surface area (Å²) in [7, 11) is 0. The predicted molar refractivity (Wildman–Crippen MR) is 53.0 cm³/mol. The molecule has 0 fully saturated rings. The van der Waals surface area contributed by atoms with Crippen molar-refractivity contribution in [3.05, 3.63) is 29.3 Å². The SMILES string of the molecule is CCc1cc(CC)cc(N=C=O)c1. The van der Waals surface area contributed by atoms with E-state index in [1.54, 1.807) is 6.08 Å². The Bertz CT molecular complexity index is 316. The number of nitrogens with zero attached hydrogens (tertiary/aromatic N) is 1. The lowest BCUT2D eigenvalue weighted by Gasteiger charge is -2.02. The van der Waals surface area contributed by atoms with E-state index in [1.807, 2.05) is 12.1 Å². The van der Waals surface area contributed by atoms with E-state index in [2.05, 4.69) is 24.9 Å². The summed E-state index contributed by atoms with van der Waals surface area (Å²) in [6, 6.07) is 5.98. The molecule has 13 heavy (non-hydrogen) atoms. The minimum Gasteiger partial charge on any atom is -0.211 e. The van der Waals surface area contributed by atoms with E-state index in [0.717, 1.165) is 12.8 Å². The molecule has 0 saturated heterocycles. The summed E-state index contributed by atoms with van der Waals surface area (Å²) in [4.78, 5) is 13.7. The highest BCUT2D eigenvalue weighted by atomic mass is 16.1. The topological polar surface area (TPSA) is 29.4 Å². The van der Waals surface area contributed by atoms with Gasteiger partial charge in [-0.2, -0.15) is 4.99 Å². The summed E-state index contributed by atoms with van der Waals surface area (Å²) >= 11 is 0. The van der Waals surface area contributed by atoms with E-state index >= 15 is 0 Å². The van der Waals surface area contributed by atoms with E-state index < -0.39 is 0 Å². The van der Waals surface area contributed by atoms with Crippen molar-refractivity contribution in [2.45, 2.75) is 26.7 Å². The monoisotopic (exact) mass is 175 g/mol. The molecule has 0 radical (unpaired) electrons. The van der Waals surface area contributed by atoms with E-state index in [9.17, 15) is 4.79 Å². The summed E-state index contributed by atoms with van der Waals surface area (Å²) in [5, 5.41) is 0. The van der Waals surface area contributed by atoms with Gasteiger partial charge in [-0.25, -0.2) is 4.79 Å². The second-order valence-electron chi connectivity index (χ2n) is 2.92. The molecule has 0 aliphatic carbocycles. The Morgan fingerprint density at radius 1 is 1.15 bits per heavy atom. The van der Waals surface area contributed by atoms with Crippen molar-refractivity contribution in [2.24, 2.45) is 4.99 Å². The molecular weight excluding hydrogens is 162 g/mol. The minimum atomic E-state index is 0.714. The summed E-state index contributed by atoms with van der Waals surface area (Å²) in [6.07, 6.45) is 3.50. The number of aryl methyl sites for hydroxylation is 2. The molecule has 0 amide bonds. The van der Waals surface area contributed by atoms with Gasteiger partial charge in [0.15, 0.2) is 0 Å². The first-order valence-corrected chi connectivity index (χ1v) is 4.50. The summed E-state index contributed by atoms with van der Waals surface area (Å²) in [5.74, 6) is 0. The third-order valence-corrected chi connectivity index (χ3v) is 2.03. The summed E-state index contributed by atoms with van der Waals surface area (Å²) < 4.78 is 0. The van der Waals surface area contributed by atoms with Gasteiger partial charge in [0.25, 0.3) is 0 Å². The Morgan fingerprint density at radius 3 is 2.08 bits per heavy atom. The van der Waals surface area contributed by atoms with E-state index in [-0.39, 0.29) is 0 Å². The number of carbonyl (C=O) groups excluding carboxylic acids is 1. The number of rotatable bonds is 3. The quantitative estimate of drug-likeness (QED) is 0.513. The van der Waals surface area contributed by atoms with Crippen molar-refractivity contribution in [1.82, 2.24) is 0 Å². The highest BCUT2D eigenvalue weighted by molar-refractivity contribution is 5.51. The van der Waals surface area contributed by atoms with Crippen molar-refractivity contribution >= 4 is 11.8 Å². The van der Waals surface area contributed by atoms with Gasteiger partial charge in [0, 0.05) is 0 Å². The van der Waals surface area contributed by atoms with Crippen LogP contribution >= 0.6 is 0 Å². The molecule has 68 valence electrons. The maximum atomic E-state index is 10.1. The zero-order valence-corrected chi connectivity index (χ0v) is 8.00. The summed E-state index contributed by atoms with van der Waals surface area (Å²) in [6.45, 7) is 4.17. The Balaban J connectivity index is 3.14. The fourth-order valence-electron chi connectivity index (χ4n) is 1.27. The zero-order valence-electron chi connectivity index (χ0n) is 8.00. The van der Waals surface area contributed by atoms with Crippen molar-refractivity contribution in [3.8, 4) is 0 Å². The third kappa shape index (κ3) is 2.53. The lowest BCUT2D eigenvalue weighted by Crippen LogP contribution is -1.85. The normalized spacial score (nSPS) is 9.38. The number of aliphatic imine (C=N–C) groups is 1. The molecule has 2 nitrogen and oxygen atoms in total. The van der Waals surface area contributed by atoms with Crippen LogP contribution in [-0.2, 0) is 17.6 Å². The van der Waals surface area contributed by atoms with Gasteiger partial charge < -0.3 is 0 Å². The van der Waals surface area contributed by atoms with Crippen LogP contribution in [0.5, 0.6) is 0 Å². The van der Waals surface area contributed by atoms with Crippen molar-refractivity contribution in [1.29, 1.82) is 0 Å². The van der Waals surface area contributed by atoms with Crippen LogP contribution in [0.4, 0.5) is 5.69 Å². The molecule has 0 atom stereocenters. The van der Waals surface area contributed by atoms with Crippen molar-refractivity contribution in [3.63, 3.8) is 0 Å². The largest absolute Gasteiger partial charge is 0.240 e. The molecule has 1 aromatic rings. The van der Waals surface area contributed by atoms with Gasteiger partial charge in [-0.05, 0) is 36.1 Å². The average Bonchev–Trinajstić information content (AvgIpc) is 2.17. The number of hydrogen-bond donors (Lipinski definition) is 0. The molecule has 0 unspecified atom stereocenters. The fraction of sp³-hybridized carbons (Fsp3) is 0.364. The van der Waals surface area contributed by atoms with Crippen LogP contribution in [-0.4, -0.2) is 6.08 Å². The molecule has 1 rings (SSSR count). The molecule has 0 aromatic heterocycles. The molecule has 1 aromatic carbocycles. The Labute approximate surface area is 78.3 Å². The smallest absolute Gasteiger partial charge is 0.211 e. The molecule has 0 aliphatic rings. The van der Waals surface area contributed by atoms with Crippen molar-refractivity contribution in [2.75, 3.05) is 0 Å². The van der Waals surface area contributed by atoms with Crippen LogP contribution in [0.3, 0.4) is 0 Å². The first-order valence-electron chi connectivity index (χ1n) is 4.50. The van der Waals surface area contributed by atoms with Gasteiger partial charge >= 0.3 is 0 Å². The lowest BCUT2D eigenvalue weighted by atomic mass is 10.1. The van der Waals surface area contributed by atoms with Gasteiger partial charge in [0.1, 0.15) is 0 Å². The molecule has 0 bridgehead atoms. The second kappa shape index (κ2) is 4.58. The highest BCUT2D eigenvalue weighted by Gasteiger charge is 1.97. The van der Waals surface area contributed by atoms with Crippen LogP contribution in [0.1, 0.15) is 25.0 Å². The van der Waals surface area contributed by atoms with E-state index in [0.29, 0.717) is 5.69 Å². The highest BCUT2D eigenvalue weighted by Crippen LogP contribution is 2.18. The van der Waals surface area contributed by atoms with Crippen LogP contribution in [0.2, 0.25) is 0 Å². The van der Waals surface area contributed by atoms with Crippen molar-refractivity contribution < 1.29 is 4.79 Å². The Morgan fingerprint density at radius 2 is 1.69 bits per heavy atom. The first kappa shape index (κ1) is 9.69. The van der Waals surface area contributed by atoms with Crippen LogP contribution in [0.25, 0.3) is 0 Å². The van der Waals surface area contributed by atoms with Crippen LogP contribution in [0.15, 0.2) is 23.2 Å². The van der Waals surface area contributed by atoms with Gasteiger partial charge in [0.05, 0.1) is 5.69 Å². The van der Waals surface area contributed by atoms with E-state index in [4.69, 9.17) is 0 Å². The zero-order chi connectivity index (χ0) is 9.68. The minimum absolute atomic E-state index is 0.714. The number of isocyanates is 1. The maximum absolute atomic E-state index is 10.1. The molecule has 0 N–H and O–H groups in total. The lowest BCUT2D eigenvalue weighted by molar-refractivity contribution is 0.565. The Hall–Kier alpha value is -1.40. The third-order valence-electron chi connectivity index (χ3n) is 2.03. The summed E-state index contributed by atoms with van der Waals surface area (Å²) in [5.41, 5.74) is 3.15. The first-order chi connectivity index (χ1) is 6.30. The molecule has 0 aliphatic heterocycles.